The van der Waals surface area contributed by atoms with Crippen LogP contribution in [-0.4, -0.2) is 11.6 Å². The molecule has 2 heteroatoms. The molecule has 2 nitrogen and oxygen atoms in total. The highest BCUT2D eigenvalue weighted by Crippen LogP contribution is 2.55. The number of carbonyl (C=O) groups excluding carboxylic acids is 2. The van der Waals surface area contributed by atoms with Gasteiger partial charge in [-0.15, -0.1) is 0 Å². The van der Waals surface area contributed by atoms with Gasteiger partial charge in [-0.1, -0.05) is 39.3 Å². The molecule has 0 saturated heterocycles. The van der Waals surface area contributed by atoms with Crippen LogP contribution in [0.2, 0.25) is 0 Å². The van der Waals surface area contributed by atoms with Crippen molar-refractivity contribution in [2.24, 2.45) is 28.6 Å². The van der Waals surface area contributed by atoms with Crippen LogP contribution in [0.3, 0.4) is 0 Å². The summed E-state index contributed by atoms with van der Waals surface area (Å²) in [7, 11) is 0. The Balaban J connectivity index is 2.09. The van der Waals surface area contributed by atoms with Crippen LogP contribution in [-0.2, 0) is 9.59 Å². The van der Waals surface area contributed by atoms with Crippen LogP contribution in [0.5, 0.6) is 0 Å². The molecule has 0 spiro atoms. The first-order valence-electron chi connectivity index (χ1n) is 8.55. The number of carbonyl (C=O) groups is 2. The number of hydrogen-bond acceptors (Lipinski definition) is 2. The largest absolute Gasteiger partial charge is 0.299 e. The highest BCUT2D eigenvalue weighted by atomic mass is 16.1. The van der Waals surface area contributed by atoms with E-state index in [0.717, 1.165) is 32.1 Å². The SMILES string of the molecule is C[C@@H]1C(=O)[C@]2(C)CCCC(=O)[C@@H]2C/C=C2\CCC1C2(C)C. The average molecular weight is 288 g/mol. The summed E-state index contributed by atoms with van der Waals surface area (Å²) < 4.78 is 0. The van der Waals surface area contributed by atoms with Gasteiger partial charge in [-0.2, -0.15) is 0 Å². The first-order chi connectivity index (χ1) is 9.78. The molecule has 2 saturated carbocycles. The molecule has 0 N–H and O–H groups in total. The van der Waals surface area contributed by atoms with Gasteiger partial charge in [0.2, 0.25) is 0 Å². The average Bonchev–Trinajstić information content (AvgIpc) is 2.71. The molecular weight excluding hydrogens is 260 g/mol. The molecule has 3 aliphatic carbocycles. The van der Waals surface area contributed by atoms with E-state index in [0.29, 0.717) is 23.9 Å². The summed E-state index contributed by atoms with van der Waals surface area (Å²) in [5, 5.41) is 0. The fourth-order valence-electron chi connectivity index (χ4n) is 5.46. The third-order valence-electron chi connectivity index (χ3n) is 6.94. The molecule has 3 aliphatic rings. The van der Waals surface area contributed by atoms with Crippen molar-refractivity contribution in [1.82, 2.24) is 0 Å². The van der Waals surface area contributed by atoms with Gasteiger partial charge in [-0.25, -0.2) is 0 Å². The van der Waals surface area contributed by atoms with E-state index in [9.17, 15) is 9.59 Å². The van der Waals surface area contributed by atoms with Crippen molar-refractivity contribution < 1.29 is 9.59 Å². The topological polar surface area (TPSA) is 34.1 Å². The molecular formula is C19H28O2. The molecule has 4 atom stereocenters. The number of rotatable bonds is 0. The maximum Gasteiger partial charge on any atom is 0.142 e. The summed E-state index contributed by atoms with van der Waals surface area (Å²) in [5.41, 5.74) is 1.17. The molecule has 3 rings (SSSR count). The fourth-order valence-corrected chi connectivity index (χ4v) is 5.46. The normalized spacial score (nSPS) is 45.1. The van der Waals surface area contributed by atoms with Crippen LogP contribution in [0.1, 0.15) is 66.2 Å². The smallest absolute Gasteiger partial charge is 0.142 e. The minimum Gasteiger partial charge on any atom is -0.299 e. The second kappa shape index (κ2) is 4.79. The van der Waals surface area contributed by atoms with E-state index in [4.69, 9.17) is 0 Å². The molecule has 116 valence electrons. The Morgan fingerprint density at radius 2 is 1.86 bits per heavy atom. The van der Waals surface area contributed by atoms with E-state index in [1.165, 1.54) is 5.57 Å². The van der Waals surface area contributed by atoms with Gasteiger partial charge in [0.05, 0.1) is 0 Å². The van der Waals surface area contributed by atoms with Gasteiger partial charge in [-0.3, -0.25) is 9.59 Å². The molecule has 21 heavy (non-hydrogen) atoms. The third kappa shape index (κ3) is 2.05. The van der Waals surface area contributed by atoms with Crippen molar-refractivity contribution in [3.63, 3.8) is 0 Å². The summed E-state index contributed by atoms with van der Waals surface area (Å²) in [6.07, 6.45) is 7.76. The fraction of sp³-hybridized carbons (Fsp3) is 0.789. The Morgan fingerprint density at radius 1 is 1.14 bits per heavy atom. The number of fused-ring (bicyclic) bond motifs is 3. The molecule has 0 amide bonds. The van der Waals surface area contributed by atoms with Crippen LogP contribution in [0.4, 0.5) is 0 Å². The van der Waals surface area contributed by atoms with Gasteiger partial charge in [0.1, 0.15) is 11.6 Å². The monoisotopic (exact) mass is 288 g/mol. The first kappa shape index (κ1) is 15.0. The lowest BCUT2D eigenvalue weighted by molar-refractivity contribution is -0.146. The summed E-state index contributed by atoms with van der Waals surface area (Å²) in [6, 6.07) is 0. The highest BCUT2D eigenvalue weighted by Gasteiger charge is 2.53. The summed E-state index contributed by atoms with van der Waals surface area (Å²) in [6.45, 7) is 8.77. The standard InChI is InChI=1S/C19H28O2/c1-12-14-9-7-13(18(14,2)3)8-10-15-16(20)6-5-11-19(15,4)17(12)21/h8,12,14-15H,5-7,9-11H2,1-4H3/b13-8+/t12-,14?,15-,19+/m0/s1. The van der Waals surface area contributed by atoms with Crippen LogP contribution < -0.4 is 0 Å². The molecule has 0 aromatic heterocycles. The van der Waals surface area contributed by atoms with Gasteiger partial charge in [0.25, 0.3) is 0 Å². The van der Waals surface area contributed by atoms with Crippen LogP contribution >= 0.6 is 0 Å². The quantitative estimate of drug-likeness (QED) is 0.622. The van der Waals surface area contributed by atoms with Gasteiger partial charge in [0.15, 0.2) is 0 Å². The summed E-state index contributed by atoms with van der Waals surface area (Å²) in [5.74, 6) is 1.10. The van der Waals surface area contributed by atoms with Crippen molar-refractivity contribution in [1.29, 1.82) is 0 Å². The van der Waals surface area contributed by atoms with E-state index in [2.05, 4.69) is 33.8 Å². The molecule has 0 aromatic carbocycles. The van der Waals surface area contributed by atoms with Crippen molar-refractivity contribution in [3.8, 4) is 0 Å². The van der Waals surface area contributed by atoms with E-state index >= 15 is 0 Å². The minimum atomic E-state index is -0.424. The van der Waals surface area contributed by atoms with E-state index in [-0.39, 0.29) is 17.3 Å². The van der Waals surface area contributed by atoms with Gasteiger partial charge in [0, 0.05) is 23.7 Å². The van der Waals surface area contributed by atoms with Crippen molar-refractivity contribution in [2.75, 3.05) is 0 Å². The van der Waals surface area contributed by atoms with E-state index in [1.54, 1.807) is 0 Å². The zero-order chi connectivity index (χ0) is 15.4. The number of hydrogen-bond donors (Lipinski definition) is 0. The maximum atomic E-state index is 13.3. The summed E-state index contributed by atoms with van der Waals surface area (Å²) >= 11 is 0. The van der Waals surface area contributed by atoms with Crippen molar-refractivity contribution in [3.05, 3.63) is 11.6 Å². The molecule has 0 heterocycles. The van der Waals surface area contributed by atoms with Crippen molar-refractivity contribution in [2.45, 2.75) is 66.2 Å². The van der Waals surface area contributed by atoms with Gasteiger partial charge in [-0.05, 0) is 43.4 Å². The predicted molar refractivity (Wildman–Crippen MR) is 83.8 cm³/mol. The van der Waals surface area contributed by atoms with E-state index in [1.807, 2.05) is 0 Å². The van der Waals surface area contributed by atoms with E-state index < -0.39 is 5.41 Å². The number of allylic oxidation sites excluding steroid dienone is 2. The highest BCUT2D eigenvalue weighted by molar-refractivity contribution is 5.95. The Kier molecular flexibility index (Phi) is 3.42. The van der Waals surface area contributed by atoms with Crippen LogP contribution in [0, 0.1) is 28.6 Å². The Bertz CT molecular complexity index is 514. The molecule has 0 aliphatic heterocycles. The van der Waals surface area contributed by atoms with Crippen LogP contribution in [0.15, 0.2) is 11.6 Å². The molecule has 2 fully saturated rings. The predicted octanol–water partition coefficient (Wildman–Crippen LogP) is 4.33. The molecule has 1 unspecified atom stereocenters. The van der Waals surface area contributed by atoms with Gasteiger partial charge >= 0.3 is 0 Å². The lowest BCUT2D eigenvalue weighted by Crippen LogP contribution is -2.47. The minimum absolute atomic E-state index is 0.0717. The number of ketones is 2. The van der Waals surface area contributed by atoms with Crippen molar-refractivity contribution >= 4 is 11.6 Å². The summed E-state index contributed by atoms with van der Waals surface area (Å²) in [4.78, 5) is 25.7. The molecule has 0 aromatic rings. The Labute approximate surface area is 128 Å². The van der Waals surface area contributed by atoms with Crippen LogP contribution in [0.25, 0.3) is 0 Å². The second-order valence-electron chi connectivity index (χ2n) is 8.27. The Morgan fingerprint density at radius 3 is 2.57 bits per heavy atom. The third-order valence-corrected chi connectivity index (χ3v) is 6.94. The van der Waals surface area contributed by atoms with Gasteiger partial charge < -0.3 is 0 Å². The number of Topliss-reactive ketones (excluding diaryl/α,β-unsaturated/α-hetero) is 2. The zero-order valence-electron chi connectivity index (χ0n) is 13.9. The maximum absolute atomic E-state index is 13.3. The second-order valence-corrected chi connectivity index (χ2v) is 8.27. The molecule has 2 bridgehead atoms. The zero-order valence-corrected chi connectivity index (χ0v) is 13.9. The Hall–Kier alpha value is -0.920. The lowest BCUT2D eigenvalue weighted by Gasteiger charge is -2.42. The first-order valence-corrected chi connectivity index (χ1v) is 8.55. The molecule has 0 radical (unpaired) electrons. The lowest BCUT2D eigenvalue weighted by atomic mass is 9.59.